The summed E-state index contributed by atoms with van der Waals surface area (Å²) in [6, 6.07) is 10.8. The monoisotopic (exact) mass is 297 g/mol. The third kappa shape index (κ3) is 2.74. The molecule has 0 unspecified atom stereocenters. The molecule has 1 aromatic carbocycles. The number of aryl methyl sites for hydroxylation is 1. The van der Waals surface area contributed by atoms with Gasteiger partial charge in [0.15, 0.2) is 0 Å². The summed E-state index contributed by atoms with van der Waals surface area (Å²) in [4.78, 5) is 2.88. The zero-order valence-corrected chi connectivity index (χ0v) is 13.2. The standard InChI is InChI=1S/C17H19N3S/c1-11-4-3-5-12(8-11)10-20(2)17-15(13-6-7-13)16(19)14(9-18)21-17/h3-5,8,13H,6-7,10,19H2,1-2H3. The highest BCUT2D eigenvalue weighted by molar-refractivity contribution is 7.17. The normalized spacial score (nSPS) is 14.0. The van der Waals surface area contributed by atoms with Gasteiger partial charge in [-0.1, -0.05) is 29.8 Å². The summed E-state index contributed by atoms with van der Waals surface area (Å²) in [6.07, 6.45) is 2.38. The molecule has 4 heteroatoms. The average Bonchev–Trinajstić information content (AvgIpc) is 3.22. The van der Waals surface area contributed by atoms with Crippen LogP contribution in [-0.4, -0.2) is 7.05 Å². The van der Waals surface area contributed by atoms with Crippen molar-refractivity contribution < 1.29 is 0 Å². The van der Waals surface area contributed by atoms with Crippen molar-refractivity contribution in [2.75, 3.05) is 17.7 Å². The Kier molecular flexibility index (Phi) is 3.60. The molecule has 1 aliphatic carbocycles. The predicted octanol–water partition coefficient (Wildman–Crippen LogP) is 4.02. The number of benzene rings is 1. The first-order valence-corrected chi connectivity index (χ1v) is 8.00. The lowest BCUT2D eigenvalue weighted by Gasteiger charge is -2.20. The number of hydrogen-bond acceptors (Lipinski definition) is 4. The number of thiophene rings is 1. The van der Waals surface area contributed by atoms with Crippen LogP contribution in [-0.2, 0) is 6.54 Å². The number of nitrogen functional groups attached to an aromatic ring is 1. The molecule has 21 heavy (non-hydrogen) atoms. The second kappa shape index (κ2) is 5.42. The van der Waals surface area contributed by atoms with E-state index >= 15 is 0 Å². The summed E-state index contributed by atoms with van der Waals surface area (Å²) in [7, 11) is 2.08. The highest BCUT2D eigenvalue weighted by atomic mass is 32.1. The lowest BCUT2D eigenvalue weighted by Crippen LogP contribution is -2.16. The van der Waals surface area contributed by atoms with Crippen molar-refractivity contribution in [3.05, 3.63) is 45.8 Å². The molecule has 0 atom stereocenters. The quantitative estimate of drug-likeness (QED) is 0.927. The number of hydrogen-bond donors (Lipinski definition) is 1. The molecule has 1 aromatic heterocycles. The fourth-order valence-corrected chi connectivity index (χ4v) is 3.80. The SMILES string of the molecule is Cc1cccc(CN(C)c2sc(C#N)c(N)c2C2CC2)c1. The Balaban J connectivity index is 1.91. The Morgan fingerprint density at radius 3 is 2.81 bits per heavy atom. The molecule has 2 N–H and O–H groups in total. The fraction of sp³-hybridized carbons (Fsp3) is 0.353. The number of anilines is 2. The smallest absolute Gasteiger partial charge is 0.130 e. The number of nitriles is 1. The molecule has 0 radical (unpaired) electrons. The molecule has 2 aromatic rings. The summed E-state index contributed by atoms with van der Waals surface area (Å²) in [5.41, 5.74) is 10.6. The Bertz CT molecular complexity index is 707. The van der Waals surface area contributed by atoms with Gasteiger partial charge < -0.3 is 10.6 Å². The van der Waals surface area contributed by atoms with E-state index in [1.807, 2.05) is 0 Å². The van der Waals surface area contributed by atoms with E-state index in [0.717, 1.165) is 11.5 Å². The molecule has 0 saturated heterocycles. The summed E-state index contributed by atoms with van der Waals surface area (Å²) in [6.45, 7) is 2.95. The van der Waals surface area contributed by atoms with Gasteiger partial charge in [0.2, 0.25) is 0 Å². The lowest BCUT2D eigenvalue weighted by molar-refractivity contribution is 0.920. The number of nitrogens with two attached hydrogens (primary N) is 1. The molecule has 0 bridgehead atoms. The third-order valence-electron chi connectivity index (χ3n) is 3.90. The maximum atomic E-state index is 9.23. The van der Waals surface area contributed by atoms with Crippen molar-refractivity contribution in [1.29, 1.82) is 5.26 Å². The minimum atomic E-state index is 0.554. The van der Waals surface area contributed by atoms with E-state index in [4.69, 9.17) is 5.73 Å². The highest BCUT2D eigenvalue weighted by Gasteiger charge is 2.32. The van der Waals surface area contributed by atoms with E-state index in [1.54, 1.807) is 0 Å². The second-order valence-corrected chi connectivity index (χ2v) is 6.79. The summed E-state index contributed by atoms with van der Waals surface area (Å²) in [5, 5.41) is 10.4. The van der Waals surface area contributed by atoms with Gasteiger partial charge in [-0.15, -0.1) is 11.3 Å². The molecule has 1 aliphatic rings. The second-order valence-electron chi connectivity index (χ2n) is 5.79. The molecule has 0 amide bonds. The zero-order chi connectivity index (χ0) is 15.0. The van der Waals surface area contributed by atoms with E-state index in [1.165, 1.54) is 40.9 Å². The molecule has 1 heterocycles. The van der Waals surface area contributed by atoms with Gasteiger partial charge in [0.25, 0.3) is 0 Å². The first-order chi connectivity index (χ1) is 10.1. The number of rotatable bonds is 4. The highest BCUT2D eigenvalue weighted by Crippen LogP contribution is 2.51. The summed E-state index contributed by atoms with van der Waals surface area (Å²) in [5.74, 6) is 0.554. The van der Waals surface area contributed by atoms with Crippen molar-refractivity contribution in [1.82, 2.24) is 0 Å². The van der Waals surface area contributed by atoms with Crippen LogP contribution in [0.5, 0.6) is 0 Å². The van der Waals surface area contributed by atoms with Gasteiger partial charge in [0.05, 0.1) is 10.7 Å². The molecule has 1 saturated carbocycles. The van der Waals surface area contributed by atoms with Gasteiger partial charge >= 0.3 is 0 Å². The van der Waals surface area contributed by atoms with Gasteiger partial charge in [0.1, 0.15) is 10.9 Å². The molecule has 1 fully saturated rings. The molecule has 3 rings (SSSR count). The van der Waals surface area contributed by atoms with E-state index in [0.29, 0.717) is 16.5 Å². The first kappa shape index (κ1) is 14.0. The largest absolute Gasteiger partial charge is 0.397 e. The third-order valence-corrected chi connectivity index (χ3v) is 5.14. The van der Waals surface area contributed by atoms with Crippen LogP contribution in [0.2, 0.25) is 0 Å². The fourth-order valence-electron chi connectivity index (χ4n) is 2.73. The molecular formula is C17H19N3S. The number of nitrogens with zero attached hydrogens (tertiary/aromatic N) is 2. The topological polar surface area (TPSA) is 53.0 Å². The Labute approximate surface area is 129 Å². The molecule has 3 nitrogen and oxygen atoms in total. The maximum absolute atomic E-state index is 9.23. The maximum Gasteiger partial charge on any atom is 0.130 e. The van der Waals surface area contributed by atoms with Crippen molar-refractivity contribution in [2.45, 2.75) is 32.2 Å². The van der Waals surface area contributed by atoms with Crippen LogP contribution in [0.1, 0.15) is 40.3 Å². The van der Waals surface area contributed by atoms with Gasteiger partial charge in [0, 0.05) is 19.2 Å². The minimum Gasteiger partial charge on any atom is -0.397 e. The van der Waals surface area contributed by atoms with Gasteiger partial charge in [-0.25, -0.2) is 0 Å². The van der Waals surface area contributed by atoms with Gasteiger partial charge in [-0.05, 0) is 31.2 Å². The lowest BCUT2D eigenvalue weighted by atomic mass is 10.1. The van der Waals surface area contributed by atoms with Crippen LogP contribution in [0.4, 0.5) is 10.7 Å². The van der Waals surface area contributed by atoms with Crippen molar-refractivity contribution in [2.24, 2.45) is 0 Å². The Hall–Kier alpha value is -1.99. The van der Waals surface area contributed by atoms with Crippen molar-refractivity contribution >= 4 is 22.0 Å². The van der Waals surface area contributed by atoms with E-state index in [9.17, 15) is 5.26 Å². The van der Waals surface area contributed by atoms with Crippen LogP contribution in [0, 0.1) is 18.3 Å². The van der Waals surface area contributed by atoms with Gasteiger partial charge in [-0.2, -0.15) is 5.26 Å². The summed E-state index contributed by atoms with van der Waals surface area (Å²) < 4.78 is 0. The zero-order valence-electron chi connectivity index (χ0n) is 12.4. The Morgan fingerprint density at radius 2 is 2.19 bits per heavy atom. The van der Waals surface area contributed by atoms with Crippen LogP contribution in [0.15, 0.2) is 24.3 Å². The van der Waals surface area contributed by atoms with Crippen LogP contribution in [0.25, 0.3) is 0 Å². The minimum absolute atomic E-state index is 0.554. The van der Waals surface area contributed by atoms with Crippen LogP contribution < -0.4 is 10.6 Å². The van der Waals surface area contributed by atoms with E-state index < -0.39 is 0 Å². The average molecular weight is 297 g/mol. The Morgan fingerprint density at radius 1 is 1.43 bits per heavy atom. The molecule has 0 aliphatic heterocycles. The molecule has 0 spiro atoms. The summed E-state index contributed by atoms with van der Waals surface area (Å²) >= 11 is 1.53. The molecular weight excluding hydrogens is 278 g/mol. The predicted molar refractivity (Wildman–Crippen MR) is 88.7 cm³/mol. The van der Waals surface area contributed by atoms with E-state index in [-0.39, 0.29) is 0 Å². The van der Waals surface area contributed by atoms with Crippen molar-refractivity contribution in [3.8, 4) is 6.07 Å². The van der Waals surface area contributed by atoms with Crippen LogP contribution in [0.3, 0.4) is 0 Å². The van der Waals surface area contributed by atoms with Gasteiger partial charge in [-0.3, -0.25) is 0 Å². The van der Waals surface area contributed by atoms with E-state index in [2.05, 4.69) is 49.2 Å². The molecule has 108 valence electrons. The first-order valence-electron chi connectivity index (χ1n) is 7.19. The van der Waals surface area contributed by atoms with Crippen LogP contribution >= 0.6 is 11.3 Å². The van der Waals surface area contributed by atoms with Crippen molar-refractivity contribution in [3.63, 3.8) is 0 Å².